The molecule has 0 aromatic rings. The van der Waals surface area contributed by atoms with Crippen LogP contribution in [0.5, 0.6) is 0 Å². The fraction of sp³-hybridized carbons (Fsp3) is 0.333. The summed E-state index contributed by atoms with van der Waals surface area (Å²) in [6.07, 6.45) is 0. The zero-order chi connectivity index (χ0) is 8.88. The molecule has 12 heavy (non-hydrogen) atoms. The summed E-state index contributed by atoms with van der Waals surface area (Å²) in [6, 6.07) is 0. The van der Waals surface area contributed by atoms with E-state index in [1.165, 1.54) is 22.1 Å². The van der Waals surface area contributed by atoms with Crippen molar-refractivity contribution in [3.63, 3.8) is 0 Å². The van der Waals surface area contributed by atoms with Gasteiger partial charge in [-0.2, -0.15) is 0 Å². The number of rotatable bonds is 1. The lowest BCUT2D eigenvalue weighted by atomic mass is 10.2. The number of hydrogen-bond donors (Lipinski definition) is 1. The summed E-state index contributed by atoms with van der Waals surface area (Å²) in [6.45, 7) is 0. The number of aliphatic carboxylic acids is 1. The molecule has 0 aromatic carbocycles. The van der Waals surface area contributed by atoms with Crippen LogP contribution in [-0.4, -0.2) is 32.6 Å². The van der Waals surface area contributed by atoms with Gasteiger partial charge in [-0.05, 0) is 0 Å². The molecule has 1 fully saturated rings. The Hall–Kier alpha value is -0.680. The topological polar surface area (TPSA) is 57.6 Å². The number of amides is 1. The molecule has 0 bridgehead atoms. The third-order valence-electron chi connectivity index (χ3n) is 1.78. The Bertz CT molecular complexity index is 303. The number of nitrogens with zero attached hydrogens (tertiary/aromatic N) is 1. The minimum atomic E-state index is -1.08. The highest BCUT2D eigenvalue weighted by Crippen LogP contribution is 2.43. The number of carboxylic acids is 1. The maximum Gasteiger partial charge on any atom is 0.353 e. The minimum Gasteiger partial charge on any atom is -0.477 e. The van der Waals surface area contributed by atoms with Crippen molar-refractivity contribution in [2.24, 2.45) is 0 Å². The number of hydrogen-bond acceptors (Lipinski definition) is 3. The zero-order valence-electron chi connectivity index (χ0n) is 5.73. The number of carbonyl (C=O) groups excluding carboxylic acids is 1. The normalized spacial score (nSPS) is 32.6. The van der Waals surface area contributed by atoms with Crippen LogP contribution in [0.25, 0.3) is 0 Å². The highest BCUT2D eigenvalue weighted by molar-refractivity contribution is 8.03. The Labute approximate surface area is 77.2 Å². The van der Waals surface area contributed by atoms with E-state index in [0.717, 1.165) is 0 Å². The quantitative estimate of drug-likeness (QED) is 0.499. The molecule has 1 amide bonds. The van der Waals surface area contributed by atoms with E-state index in [-0.39, 0.29) is 17.0 Å². The molecule has 1 unspecified atom stereocenters. The molecule has 2 rings (SSSR count). The molecule has 64 valence electrons. The van der Waals surface area contributed by atoms with Crippen LogP contribution in [0.15, 0.2) is 11.1 Å². The minimum absolute atomic E-state index is 0.0342. The Morgan fingerprint density at radius 3 is 3.00 bits per heavy atom. The number of carbonyl (C=O) groups is 2. The predicted octanol–water partition coefficient (Wildman–Crippen LogP) is 0.435. The van der Waals surface area contributed by atoms with Crippen molar-refractivity contribution < 1.29 is 14.7 Å². The van der Waals surface area contributed by atoms with Gasteiger partial charge in [0.25, 0.3) is 0 Å². The van der Waals surface area contributed by atoms with Gasteiger partial charge in [0.15, 0.2) is 0 Å². The predicted molar refractivity (Wildman–Crippen MR) is 43.6 cm³/mol. The fourth-order valence-electron chi connectivity index (χ4n) is 1.16. The van der Waals surface area contributed by atoms with Gasteiger partial charge in [0.1, 0.15) is 16.4 Å². The molecule has 2 atom stereocenters. The van der Waals surface area contributed by atoms with Crippen LogP contribution < -0.4 is 0 Å². The molecule has 0 aromatic heterocycles. The van der Waals surface area contributed by atoms with E-state index in [0.29, 0.717) is 0 Å². The molecule has 0 aliphatic carbocycles. The molecule has 2 heterocycles. The maximum atomic E-state index is 11.0. The first-order chi connectivity index (χ1) is 5.63. The summed E-state index contributed by atoms with van der Waals surface area (Å²) < 4.78 is 0. The average Bonchev–Trinajstić information content (AvgIpc) is 2.43. The van der Waals surface area contributed by atoms with E-state index in [1.807, 2.05) is 0 Å². The van der Waals surface area contributed by atoms with Gasteiger partial charge < -0.3 is 5.11 Å². The molecular formula is C6H4ClNO3S. The van der Waals surface area contributed by atoms with Crippen LogP contribution in [0, 0.1) is 0 Å². The van der Waals surface area contributed by atoms with Crippen LogP contribution in [-0.2, 0) is 9.59 Å². The lowest BCUT2D eigenvalue weighted by molar-refractivity contribution is -0.144. The first-order valence-electron chi connectivity index (χ1n) is 3.19. The van der Waals surface area contributed by atoms with Gasteiger partial charge in [-0.15, -0.1) is 23.4 Å². The highest BCUT2D eigenvalue weighted by Gasteiger charge is 2.52. The molecule has 6 heteroatoms. The molecular weight excluding hydrogens is 202 g/mol. The number of β-lactam (4-membered cyclic amide) rings is 1. The van der Waals surface area contributed by atoms with Crippen molar-refractivity contribution in [3.8, 4) is 0 Å². The van der Waals surface area contributed by atoms with Crippen molar-refractivity contribution in [3.05, 3.63) is 11.1 Å². The second-order valence-electron chi connectivity index (χ2n) is 2.44. The molecule has 0 spiro atoms. The first kappa shape index (κ1) is 7.94. The Morgan fingerprint density at radius 1 is 1.75 bits per heavy atom. The van der Waals surface area contributed by atoms with Gasteiger partial charge in [-0.3, -0.25) is 9.69 Å². The number of fused-ring (bicyclic) bond motifs is 1. The van der Waals surface area contributed by atoms with Gasteiger partial charge in [0.2, 0.25) is 5.91 Å². The standard InChI is InChI=1S/C6H4ClNO3S/c7-3-4(9)8-2(6(10)11)1-12-5(3)8/h1,3,5H,(H,10,11)/t3?,5-/m0/s1. The highest BCUT2D eigenvalue weighted by atomic mass is 35.5. The van der Waals surface area contributed by atoms with Crippen LogP contribution in [0.1, 0.15) is 0 Å². The summed E-state index contributed by atoms with van der Waals surface area (Å²) in [5.41, 5.74) is 0.0342. The molecule has 0 radical (unpaired) electrons. The van der Waals surface area contributed by atoms with Crippen molar-refractivity contribution >= 4 is 35.2 Å². The van der Waals surface area contributed by atoms with Gasteiger partial charge in [0.05, 0.1) is 0 Å². The number of carboxylic acid groups (broad SMARTS) is 1. The SMILES string of the molecule is O=C(O)C1=CS[C@H]2C(Cl)C(=O)N12. The van der Waals surface area contributed by atoms with Crippen LogP contribution in [0.3, 0.4) is 0 Å². The Kier molecular flexibility index (Phi) is 1.59. The second-order valence-corrected chi connectivity index (χ2v) is 3.91. The van der Waals surface area contributed by atoms with E-state index < -0.39 is 11.3 Å². The number of alkyl halides is 1. The number of thioether (sulfide) groups is 1. The van der Waals surface area contributed by atoms with Crippen LogP contribution >= 0.6 is 23.4 Å². The van der Waals surface area contributed by atoms with Crippen molar-refractivity contribution in [1.29, 1.82) is 0 Å². The van der Waals surface area contributed by atoms with Gasteiger partial charge in [-0.1, -0.05) is 0 Å². The lowest BCUT2D eigenvalue weighted by Crippen LogP contribution is -2.58. The summed E-state index contributed by atoms with van der Waals surface area (Å²) in [7, 11) is 0. The molecule has 2 aliphatic rings. The van der Waals surface area contributed by atoms with E-state index >= 15 is 0 Å². The van der Waals surface area contributed by atoms with Crippen molar-refractivity contribution in [2.45, 2.75) is 10.8 Å². The van der Waals surface area contributed by atoms with Crippen LogP contribution in [0.2, 0.25) is 0 Å². The number of halogens is 1. The monoisotopic (exact) mass is 205 g/mol. The molecule has 1 saturated heterocycles. The van der Waals surface area contributed by atoms with E-state index in [4.69, 9.17) is 16.7 Å². The van der Waals surface area contributed by atoms with E-state index in [1.54, 1.807) is 0 Å². The third-order valence-corrected chi connectivity index (χ3v) is 3.47. The Balaban J connectivity index is 2.23. The maximum absolute atomic E-state index is 11.0. The summed E-state index contributed by atoms with van der Waals surface area (Å²) >= 11 is 6.90. The molecule has 0 saturated carbocycles. The van der Waals surface area contributed by atoms with Crippen molar-refractivity contribution in [2.75, 3.05) is 0 Å². The largest absolute Gasteiger partial charge is 0.477 e. The molecule has 4 nitrogen and oxygen atoms in total. The fourth-order valence-corrected chi connectivity index (χ4v) is 2.63. The molecule has 2 aliphatic heterocycles. The third kappa shape index (κ3) is 0.804. The lowest BCUT2D eigenvalue weighted by Gasteiger charge is -2.38. The van der Waals surface area contributed by atoms with Gasteiger partial charge >= 0.3 is 5.97 Å². The van der Waals surface area contributed by atoms with E-state index in [9.17, 15) is 9.59 Å². The van der Waals surface area contributed by atoms with E-state index in [2.05, 4.69) is 0 Å². The summed E-state index contributed by atoms with van der Waals surface area (Å²) in [5, 5.41) is 9.30. The van der Waals surface area contributed by atoms with Gasteiger partial charge in [-0.25, -0.2) is 4.79 Å². The zero-order valence-corrected chi connectivity index (χ0v) is 7.30. The van der Waals surface area contributed by atoms with Crippen LogP contribution in [0.4, 0.5) is 0 Å². The Morgan fingerprint density at radius 2 is 2.42 bits per heavy atom. The smallest absolute Gasteiger partial charge is 0.353 e. The van der Waals surface area contributed by atoms with Crippen molar-refractivity contribution in [1.82, 2.24) is 4.90 Å². The molecule has 1 N–H and O–H groups in total. The summed E-state index contributed by atoms with van der Waals surface area (Å²) in [4.78, 5) is 22.8. The first-order valence-corrected chi connectivity index (χ1v) is 4.57. The summed E-state index contributed by atoms with van der Waals surface area (Å²) in [5.74, 6) is -1.40. The average molecular weight is 206 g/mol. The second kappa shape index (κ2) is 2.40. The van der Waals surface area contributed by atoms with Gasteiger partial charge in [0, 0.05) is 5.41 Å².